The van der Waals surface area contributed by atoms with Gasteiger partial charge < -0.3 is 11.1 Å². The molecule has 0 saturated carbocycles. The molecule has 0 aliphatic carbocycles. The maximum absolute atomic E-state index is 13.4. The Hall–Kier alpha value is -0.980. The third kappa shape index (κ3) is 3.52. The van der Waals surface area contributed by atoms with Gasteiger partial charge >= 0.3 is 0 Å². The lowest BCUT2D eigenvalue weighted by Gasteiger charge is -2.28. The zero-order valence-corrected chi connectivity index (χ0v) is 12.1. The van der Waals surface area contributed by atoms with Gasteiger partial charge in [-0.25, -0.2) is 4.39 Å². The van der Waals surface area contributed by atoms with E-state index in [4.69, 9.17) is 5.73 Å². The highest BCUT2D eigenvalue weighted by Gasteiger charge is 2.28. The summed E-state index contributed by atoms with van der Waals surface area (Å²) < 4.78 is 14.1. The van der Waals surface area contributed by atoms with Crippen molar-refractivity contribution in [1.82, 2.24) is 10.2 Å². The van der Waals surface area contributed by atoms with Crippen molar-refractivity contribution >= 4 is 21.8 Å². The zero-order valence-electron chi connectivity index (χ0n) is 10.5. The van der Waals surface area contributed by atoms with Crippen LogP contribution in [0.3, 0.4) is 0 Å². The van der Waals surface area contributed by atoms with E-state index in [9.17, 15) is 9.18 Å². The van der Waals surface area contributed by atoms with E-state index in [1.54, 1.807) is 6.07 Å². The number of halogens is 2. The first-order chi connectivity index (χ1) is 9.09. The summed E-state index contributed by atoms with van der Waals surface area (Å²) >= 11 is 3.37. The molecule has 1 aromatic carbocycles. The maximum Gasteiger partial charge on any atom is 0.239 e. The Morgan fingerprint density at radius 1 is 1.42 bits per heavy atom. The van der Waals surface area contributed by atoms with Gasteiger partial charge in [0.05, 0.1) is 0 Å². The molecule has 4 nitrogen and oxygen atoms in total. The highest BCUT2D eigenvalue weighted by atomic mass is 79.9. The van der Waals surface area contributed by atoms with Gasteiger partial charge in [0.15, 0.2) is 0 Å². The van der Waals surface area contributed by atoms with Crippen LogP contribution < -0.4 is 11.1 Å². The number of rotatable bonds is 3. The number of hydrogen-bond donors (Lipinski definition) is 2. The van der Waals surface area contributed by atoms with Crippen LogP contribution in [0.15, 0.2) is 22.7 Å². The first-order valence-electron chi connectivity index (χ1n) is 6.28. The Balaban J connectivity index is 2.33. The number of nitrogens with zero attached hydrogens (tertiary/aromatic N) is 1. The van der Waals surface area contributed by atoms with Crippen LogP contribution in [0, 0.1) is 5.82 Å². The van der Waals surface area contributed by atoms with Crippen molar-refractivity contribution in [3.8, 4) is 0 Å². The van der Waals surface area contributed by atoms with E-state index < -0.39 is 11.9 Å². The van der Waals surface area contributed by atoms with Gasteiger partial charge in [0.2, 0.25) is 5.91 Å². The lowest BCUT2D eigenvalue weighted by atomic mass is 10.0. The minimum absolute atomic E-state index is 0.364. The lowest BCUT2D eigenvalue weighted by Crippen LogP contribution is -2.40. The highest BCUT2D eigenvalue weighted by molar-refractivity contribution is 9.10. The van der Waals surface area contributed by atoms with Crippen LogP contribution in [0.5, 0.6) is 0 Å². The van der Waals surface area contributed by atoms with Gasteiger partial charge in [-0.15, -0.1) is 0 Å². The summed E-state index contributed by atoms with van der Waals surface area (Å²) in [5.41, 5.74) is 6.12. The number of primary amides is 1. The van der Waals surface area contributed by atoms with Crippen LogP contribution in [0.4, 0.5) is 4.39 Å². The van der Waals surface area contributed by atoms with Crippen molar-refractivity contribution in [3.63, 3.8) is 0 Å². The molecule has 1 aliphatic rings. The third-order valence-corrected chi connectivity index (χ3v) is 3.98. The first kappa shape index (κ1) is 14.4. The van der Waals surface area contributed by atoms with Crippen LogP contribution in [-0.4, -0.2) is 37.0 Å². The summed E-state index contributed by atoms with van der Waals surface area (Å²) in [7, 11) is 0. The van der Waals surface area contributed by atoms with Gasteiger partial charge in [-0.1, -0.05) is 15.9 Å². The number of carbonyl (C=O) groups excluding carboxylic acids is 1. The van der Waals surface area contributed by atoms with Gasteiger partial charge in [0.1, 0.15) is 11.9 Å². The van der Waals surface area contributed by atoms with Crippen molar-refractivity contribution in [2.75, 3.05) is 26.2 Å². The molecule has 3 N–H and O–H groups in total. The molecule has 6 heteroatoms. The highest BCUT2D eigenvalue weighted by Crippen LogP contribution is 2.29. The Labute approximate surface area is 120 Å². The third-order valence-electron chi connectivity index (χ3n) is 3.26. The second-order valence-electron chi connectivity index (χ2n) is 4.61. The normalized spacial score (nSPS) is 18.8. The van der Waals surface area contributed by atoms with Crippen LogP contribution in [0.25, 0.3) is 0 Å². The summed E-state index contributed by atoms with van der Waals surface area (Å²) in [4.78, 5) is 13.8. The summed E-state index contributed by atoms with van der Waals surface area (Å²) in [5, 5.41) is 3.27. The number of nitrogens with two attached hydrogens (primary N) is 1. The Kier molecular flexibility index (Phi) is 4.90. The maximum atomic E-state index is 13.4. The predicted octanol–water partition coefficient (Wildman–Crippen LogP) is 1.41. The largest absolute Gasteiger partial charge is 0.368 e. The minimum atomic E-state index is -0.593. The van der Waals surface area contributed by atoms with E-state index in [2.05, 4.69) is 21.2 Å². The quantitative estimate of drug-likeness (QED) is 0.881. The molecule has 2 rings (SSSR count). The fourth-order valence-electron chi connectivity index (χ4n) is 2.38. The van der Waals surface area contributed by atoms with E-state index in [1.165, 1.54) is 12.1 Å². The van der Waals surface area contributed by atoms with Gasteiger partial charge in [0.25, 0.3) is 0 Å². The molecule has 1 heterocycles. The molecular weight excluding hydrogens is 313 g/mol. The Bertz CT molecular complexity index is 461. The summed E-state index contributed by atoms with van der Waals surface area (Å²) in [6, 6.07) is 3.74. The SMILES string of the molecule is NC(=O)C(c1cc(F)ccc1Br)N1CCCNCC1. The second kappa shape index (κ2) is 6.45. The van der Waals surface area contributed by atoms with Crippen molar-refractivity contribution in [2.24, 2.45) is 5.73 Å². The van der Waals surface area contributed by atoms with Crippen LogP contribution >= 0.6 is 15.9 Å². The molecule has 1 aromatic rings. The number of amides is 1. The molecule has 1 fully saturated rings. The molecule has 0 aromatic heterocycles. The summed E-state index contributed by atoms with van der Waals surface area (Å²) in [6.45, 7) is 3.21. The number of hydrogen-bond acceptors (Lipinski definition) is 3. The standard InChI is InChI=1S/C13H17BrFN3O/c14-11-3-2-9(15)8-10(11)12(13(16)19)18-6-1-4-17-5-7-18/h2-3,8,12,17H,1,4-7H2,(H2,16,19). The molecule has 0 spiro atoms. The fraction of sp³-hybridized carbons (Fsp3) is 0.462. The van der Waals surface area contributed by atoms with E-state index in [0.29, 0.717) is 10.0 Å². The number of benzene rings is 1. The topological polar surface area (TPSA) is 58.4 Å². The van der Waals surface area contributed by atoms with Crippen LogP contribution in [0.2, 0.25) is 0 Å². The number of carbonyl (C=O) groups is 1. The molecule has 1 atom stereocenters. The molecule has 1 unspecified atom stereocenters. The lowest BCUT2D eigenvalue weighted by molar-refractivity contribution is -0.123. The van der Waals surface area contributed by atoms with Gasteiger partial charge in [0, 0.05) is 24.1 Å². The predicted molar refractivity (Wildman–Crippen MR) is 75.1 cm³/mol. The van der Waals surface area contributed by atoms with E-state index in [0.717, 1.165) is 32.6 Å². The fourth-order valence-corrected chi connectivity index (χ4v) is 2.84. The molecule has 0 radical (unpaired) electrons. The number of nitrogens with one attached hydrogen (secondary N) is 1. The van der Waals surface area contributed by atoms with Crippen LogP contribution in [-0.2, 0) is 4.79 Å². The average molecular weight is 330 g/mol. The zero-order chi connectivity index (χ0) is 13.8. The smallest absolute Gasteiger partial charge is 0.239 e. The van der Waals surface area contributed by atoms with Crippen LogP contribution in [0.1, 0.15) is 18.0 Å². The molecule has 1 aliphatic heterocycles. The molecule has 19 heavy (non-hydrogen) atoms. The molecule has 1 amide bonds. The van der Waals surface area contributed by atoms with E-state index in [-0.39, 0.29) is 5.82 Å². The Morgan fingerprint density at radius 2 is 2.21 bits per heavy atom. The molecule has 104 valence electrons. The monoisotopic (exact) mass is 329 g/mol. The molecule has 0 bridgehead atoms. The first-order valence-corrected chi connectivity index (χ1v) is 7.08. The van der Waals surface area contributed by atoms with E-state index >= 15 is 0 Å². The summed E-state index contributed by atoms with van der Waals surface area (Å²) in [6.07, 6.45) is 0.941. The molecule has 1 saturated heterocycles. The summed E-state index contributed by atoms with van der Waals surface area (Å²) in [5.74, 6) is -0.814. The van der Waals surface area contributed by atoms with Gasteiger partial charge in [-0.05, 0) is 36.7 Å². The van der Waals surface area contributed by atoms with E-state index in [1.807, 2.05) is 4.90 Å². The van der Waals surface area contributed by atoms with Gasteiger partial charge in [-0.3, -0.25) is 9.69 Å². The average Bonchev–Trinajstić information content (AvgIpc) is 2.62. The van der Waals surface area contributed by atoms with Crippen molar-refractivity contribution in [2.45, 2.75) is 12.5 Å². The minimum Gasteiger partial charge on any atom is -0.368 e. The molecular formula is C13H17BrFN3O. The van der Waals surface area contributed by atoms with Crippen molar-refractivity contribution < 1.29 is 9.18 Å². The van der Waals surface area contributed by atoms with Crippen molar-refractivity contribution in [1.29, 1.82) is 0 Å². The second-order valence-corrected chi connectivity index (χ2v) is 5.46. The Morgan fingerprint density at radius 3 is 2.95 bits per heavy atom. The van der Waals surface area contributed by atoms with Crippen molar-refractivity contribution in [3.05, 3.63) is 34.1 Å². The van der Waals surface area contributed by atoms with Gasteiger partial charge in [-0.2, -0.15) is 0 Å².